The minimum Gasteiger partial charge on any atom is -0.426 e. The van der Waals surface area contributed by atoms with Gasteiger partial charge in [-0.25, -0.2) is 9.37 Å². The van der Waals surface area contributed by atoms with Gasteiger partial charge in [-0.3, -0.25) is 9.59 Å². The topological polar surface area (TPSA) is 56.3 Å². The van der Waals surface area contributed by atoms with Gasteiger partial charge < -0.3 is 4.74 Å². The van der Waals surface area contributed by atoms with Crippen LogP contribution in [0.2, 0.25) is 0 Å². The first kappa shape index (κ1) is 17.0. The summed E-state index contributed by atoms with van der Waals surface area (Å²) < 4.78 is 18.2. The summed E-state index contributed by atoms with van der Waals surface area (Å²) in [5.74, 6) is -0.413. The number of rotatable bonds is 5. The van der Waals surface area contributed by atoms with Crippen molar-refractivity contribution in [2.75, 3.05) is 0 Å². The molecule has 0 N–H and O–H groups in total. The summed E-state index contributed by atoms with van der Waals surface area (Å²) in [5.41, 5.74) is 1.95. The number of Topliss-reactive ketones (excluding diaryl/α,β-unsaturated/α-hetero) is 1. The molecule has 0 aliphatic rings. The fraction of sp³-hybridized carbons (Fsp3) is 0.105. The smallest absolute Gasteiger partial charge is 0.317 e. The molecule has 4 nitrogen and oxygen atoms in total. The van der Waals surface area contributed by atoms with Crippen LogP contribution in [0.1, 0.15) is 23.0 Å². The van der Waals surface area contributed by atoms with Crippen LogP contribution in [0.5, 0.6) is 5.75 Å². The number of aromatic nitrogens is 1. The summed E-state index contributed by atoms with van der Waals surface area (Å²) in [6, 6.07) is 12.4. The predicted octanol–water partition coefficient (Wildman–Crippen LogP) is 4.30. The first-order valence-corrected chi connectivity index (χ1v) is 8.41. The molecule has 0 radical (unpaired) electrons. The van der Waals surface area contributed by atoms with E-state index in [1.807, 2.05) is 0 Å². The van der Waals surface area contributed by atoms with Gasteiger partial charge in [-0.15, -0.1) is 11.3 Å². The van der Waals surface area contributed by atoms with Gasteiger partial charge in [0, 0.05) is 16.5 Å². The lowest BCUT2D eigenvalue weighted by Gasteiger charge is -2.03. The number of esters is 1. The Bertz CT molecular complexity index is 901. The molecule has 0 amide bonds. The van der Waals surface area contributed by atoms with Crippen molar-refractivity contribution in [1.29, 1.82) is 0 Å². The van der Waals surface area contributed by atoms with Gasteiger partial charge in [0.25, 0.3) is 0 Å². The van der Waals surface area contributed by atoms with Crippen LogP contribution >= 0.6 is 11.3 Å². The lowest BCUT2D eigenvalue weighted by Crippen LogP contribution is -2.11. The van der Waals surface area contributed by atoms with Gasteiger partial charge in [-0.1, -0.05) is 0 Å². The maximum Gasteiger partial charge on any atom is 0.317 e. The van der Waals surface area contributed by atoms with Crippen LogP contribution in [0, 0.1) is 5.82 Å². The maximum absolute atomic E-state index is 13.0. The Morgan fingerprint density at radius 2 is 1.76 bits per heavy atom. The molecule has 0 bridgehead atoms. The second-order valence-corrected chi connectivity index (χ2v) is 6.24. The van der Waals surface area contributed by atoms with Crippen LogP contribution in [-0.4, -0.2) is 16.7 Å². The Hall–Kier alpha value is -2.86. The molecule has 3 aromatic rings. The third-order valence-electron chi connectivity index (χ3n) is 3.46. The second kappa shape index (κ2) is 7.36. The van der Waals surface area contributed by atoms with E-state index in [0.29, 0.717) is 22.0 Å². The summed E-state index contributed by atoms with van der Waals surface area (Å²) in [4.78, 5) is 27.6. The lowest BCUT2D eigenvalue weighted by atomic mass is 10.1. The van der Waals surface area contributed by atoms with E-state index < -0.39 is 5.97 Å². The zero-order valence-electron chi connectivity index (χ0n) is 13.4. The Morgan fingerprint density at radius 1 is 1.08 bits per heavy atom. The van der Waals surface area contributed by atoms with Gasteiger partial charge in [0.2, 0.25) is 0 Å². The number of carbonyl (C=O) groups excluding carboxylic acids is 2. The number of carbonyl (C=O) groups is 2. The summed E-state index contributed by atoms with van der Waals surface area (Å²) in [5, 5.41) is 2.49. The molecule has 1 heterocycles. The van der Waals surface area contributed by atoms with E-state index in [1.165, 1.54) is 30.4 Å². The maximum atomic E-state index is 13.0. The Morgan fingerprint density at radius 3 is 2.40 bits per heavy atom. The second-order valence-electron chi connectivity index (χ2n) is 5.38. The predicted molar refractivity (Wildman–Crippen MR) is 93.3 cm³/mol. The molecule has 2 aromatic carbocycles. The molecule has 0 spiro atoms. The van der Waals surface area contributed by atoms with Crippen molar-refractivity contribution < 1.29 is 18.7 Å². The van der Waals surface area contributed by atoms with Crippen LogP contribution in [0.3, 0.4) is 0 Å². The van der Waals surface area contributed by atoms with Crippen molar-refractivity contribution in [3.05, 3.63) is 71.0 Å². The van der Waals surface area contributed by atoms with Gasteiger partial charge in [-0.05, 0) is 55.5 Å². The van der Waals surface area contributed by atoms with Crippen molar-refractivity contribution in [2.24, 2.45) is 0 Å². The molecule has 0 saturated heterocycles. The number of ketones is 1. The first-order chi connectivity index (χ1) is 12.0. The van der Waals surface area contributed by atoms with E-state index in [2.05, 4.69) is 4.98 Å². The molecule has 3 rings (SSSR count). The van der Waals surface area contributed by atoms with Crippen molar-refractivity contribution in [3.63, 3.8) is 0 Å². The van der Waals surface area contributed by atoms with Crippen LogP contribution in [0.4, 0.5) is 4.39 Å². The van der Waals surface area contributed by atoms with Gasteiger partial charge in [0.15, 0.2) is 5.78 Å². The molecule has 0 fully saturated rings. The number of ether oxygens (including phenoxy) is 1. The molecule has 6 heteroatoms. The fourth-order valence-electron chi connectivity index (χ4n) is 2.19. The summed E-state index contributed by atoms with van der Waals surface area (Å²) in [7, 11) is 0. The Balaban J connectivity index is 1.63. The minimum absolute atomic E-state index is 0.0339. The molecule has 0 unspecified atom stereocenters. The number of thiazole rings is 1. The lowest BCUT2D eigenvalue weighted by molar-refractivity contribution is -0.133. The van der Waals surface area contributed by atoms with Crippen molar-refractivity contribution >= 4 is 23.1 Å². The average molecular weight is 355 g/mol. The van der Waals surface area contributed by atoms with Crippen molar-refractivity contribution in [2.45, 2.75) is 13.3 Å². The van der Waals surface area contributed by atoms with E-state index in [9.17, 15) is 14.0 Å². The van der Waals surface area contributed by atoms with Crippen LogP contribution in [0.25, 0.3) is 10.6 Å². The van der Waals surface area contributed by atoms with Gasteiger partial charge >= 0.3 is 5.97 Å². The number of hydrogen-bond donors (Lipinski definition) is 0. The zero-order valence-corrected chi connectivity index (χ0v) is 14.2. The van der Waals surface area contributed by atoms with E-state index in [1.54, 1.807) is 41.8 Å². The van der Waals surface area contributed by atoms with Gasteiger partial charge in [-0.2, -0.15) is 0 Å². The largest absolute Gasteiger partial charge is 0.426 e. The SMILES string of the molecule is CC(=O)c1ccc(OC(=O)Cc2csc(-c3ccc(F)cc3)n2)cc1. The highest BCUT2D eigenvalue weighted by atomic mass is 32.1. The molecule has 0 atom stereocenters. The summed E-state index contributed by atoms with van der Waals surface area (Å²) in [6.07, 6.45) is 0.0339. The van der Waals surface area contributed by atoms with E-state index >= 15 is 0 Å². The number of nitrogens with zero attached hydrogens (tertiary/aromatic N) is 1. The molecule has 1 aromatic heterocycles. The van der Waals surface area contributed by atoms with Crippen molar-refractivity contribution in [1.82, 2.24) is 4.98 Å². The molecule has 0 aliphatic heterocycles. The monoisotopic (exact) mass is 355 g/mol. The van der Waals surface area contributed by atoms with Crippen LogP contribution in [0.15, 0.2) is 53.9 Å². The van der Waals surface area contributed by atoms with Crippen molar-refractivity contribution in [3.8, 4) is 16.3 Å². The number of hydrogen-bond acceptors (Lipinski definition) is 5. The third-order valence-corrected chi connectivity index (χ3v) is 4.40. The minimum atomic E-state index is -0.438. The number of halogens is 1. The van der Waals surface area contributed by atoms with Gasteiger partial charge in [0.1, 0.15) is 16.6 Å². The van der Waals surface area contributed by atoms with Gasteiger partial charge in [0.05, 0.1) is 12.1 Å². The summed E-state index contributed by atoms with van der Waals surface area (Å²) >= 11 is 1.38. The first-order valence-electron chi connectivity index (χ1n) is 7.53. The zero-order chi connectivity index (χ0) is 17.8. The standard InChI is InChI=1S/C19H14FNO3S/c1-12(22)13-4-8-17(9-5-13)24-18(23)10-16-11-25-19(21-16)14-2-6-15(20)7-3-14/h2-9,11H,10H2,1H3. The molecule has 126 valence electrons. The van der Waals surface area contributed by atoms with Crippen LogP contribution in [-0.2, 0) is 11.2 Å². The molecule has 0 aliphatic carbocycles. The van der Waals surface area contributed by atoms with E-state index in [-0.39, 0.29) is 18.0 Å². The molecule has 25 heavy (non-hydrogen) atoms. The van der Waals surface area contributed by atoms with E-state index in [4.69, 9.17) is 4.74 Å². The van der Waals surface area contributed by atoms with Crippen LogP contribution < -0.4 is 4.74 Å². The van der Waals surface area contributed by atoms with E-state index in [0.717, 1.165) is 5.56 Å². The fourth-order valence-corrected chi connectivity index (χ4v) is 3.01. The molecule has 0 saturated carbocycles. The average Bonchev–Trinajstić information content (AvgIpc) is 3.04. The quantitative estimate of drug-likeness (QED) is 0.389. The summed E-state index contributed by atoms with van der Waals surface area (Å²) in [6.45, 7) is 1.47. The Kier molecular flexibility index (Phi) is 5.00. The normalized spacial score (nSPS) is 10.5. The Labute approximate surface area is 147 Å². The highest BCUT2D eigenvalue weighted by Crippen LogP contribution is 2.24. The number of benzene rings is 2. The molecular weight excluding hydrogens is 341 g/mol. The third kappa shape index (κ3) is 4.36. The molecular formula is C19H14FNO3S. The highest BCUT2D eigenvalue weighted by molar-refractivity contribution is 7.13. The highest BCUT2D eigenvalue weighted by Gasteiger charge is 2.11.